The summed E-state index contributed by atoms with van der Waals surface area (Å²) in [5.74, 6) is -1.45. The molecule has 0 aromatic rings. The Hall–Kier alpha value is -1.59. The predicted molar refractivity (Wildman–Crippen MR) is 71.9 cm³/mol. The molecule has 0 aromatic heterocycles. The second kappa shape index (κ2) is 5.81. The zero-order chi connectivity index (χ0) is 14.8. The molecule has 0 aromatic carbocycles. The van der Waals surface area contributed by atoms with Crippen molar-refractivity contribution in [3.05, 3.63) is 0 Å². The topological polar surface area (TPSA) is 95.5 Å². The lowest BCUT2D eigenvalue weighted by Gasteiger charge is -2.24. The third-order valence-corrected chi connectivity index (χ3v) is 4.21. The van der Waals surface area contributed by atoms with Crippen molar-refractivity contribution in [3.8, 4) is 0 Å². The van der Waals surface area contributed by atoms with Crippen LogP contribution in [0.5, 0.6) is 0 Å². The number of carbonyl (C=O) groups is 3. The highest BCUT2D eigenvalue weighted by atomic mass is 16.4. The van der Waals surface area contributed by atoms with E-state index in [9.17, 15) is 19.5 Å². The van der Waals surface area contributed by atoms with Gasteiger partial charge in [-0.15, -0.1) is 0 Å². The fourth-order valence-corrected chi connectivity index (χ4v) is 2.74. The molecule has 0 radical (unpaired) electrons. The first-order valence-corrected chi connectivity index (χ1v) is 7.26. The first-order valence-electron chi connectivity index (χ1n) is 7.26. The highest BCUT2D eigenvalue weighted by Gasteiger charge is 2.43. The lowest BCUT2D eigenvalue weighted by Crippen LogP contribution is -2.47. The van der Waals surface area contributed by atoms with Crippen LogP contribution in [0.15, 0.2) is 0 Å². The molecule has 0 spiro atoms. The van der Waals surface area contributed by atoms with Crippen molar-refractivity contribution in [1.82, 2.24) is 10.6 Å². The summed E-state index contributed by atoms with van der Waals surface area (Å²) in [7, 11) is 0. The maximum Gasteiger partial charge on any atom is 0.310 e. The molecule has 1 atom stereocenters. The fourth-order valence-electron chi connectivity index (χ4n) is 2.74. The minimum Gasteiger partial charge on any atom is -0.481 e. The SMILES string of the molecule is CC(NC(=O)CC1(C(=O)O)CCCC1)C(=O)NC1CC1. The maximum atomic E-state index is 12.0. The van der Waals surface area contributed by atoms with Crippen LogP contribution in [0, 0.1) is 5.41 Å². The van der Waals surface area contributed by atoms with Gasteiger partial charge in [0, 0.05) is 12.5 Å². The van der Waals surface area contributed by atoms with Gasteiger partial charge in [0.05, 0.1) is 5.41 Å². The van der Waals surface area contributed by atoms with Gasteiger partial charge in [0.25, 0.3) is 0 Å². The average molecular weight is 282 g/mol. The number of nitrogens with one attached hydrogen (secondary N) is 2. The summed E-state index contributed by atoms with van der Waals surface area (Å²) in [6, 6.07) is -0.364. The normalized spacial score (nSPS) is 22.1. The van der Waals surface area contributed by atoms with Crippen LogP contribution in [0.4, 0.5) is 0 Å². The highest BCUT2D eigenvalue weighted by molar-refractivity contribution is 5.90. The minimum atomic E-state index is -0.934. The zero-order valence-corrected chi connectivity index (χ0v) is 11.8. The van der Waals surface area contributed by atoms with E-state index >= 15 is 0 Å². The molecule has 2 rings (SSSR count). The average Bonchev–Trinajstić information content (AvgIpc) is 3.05. The van der Waals surface area contributed by atoms with Crippen LogP contribution >= 0.6 is 0 Å². The van der Waals surface area contributed by atoms with Gasteiger partial charge in [-0.25, -0.2) is 0 Å². The summed E-state index contributed by atoms with van der Waals surface area (Å²) in [6.45, 7) is 1.62. The van der Waals surface area contributed by atoms with Gasteiger partial charge in [0.15, 0.2) is 0 Å². The van der Waals surface area contributed by atoms with Crippen LogP contribution in [0.2, 0.25) is 0 Å². The van der Waals surface area contributed by atoms with Gasteiger partial charge in [-0.1, -0.05) is 12.8 Å². The molecule has 2 fully saturated rings. The number of carbonyl (C=O) groups excluding carboxylic acids is 2. The van der Waals surface area contributed by atoms with Gasteiger partial charge < -0.3 is 15.7 Å². The summed E-state index contributed by atoms with van der Waals surface area (Å²) < 4.78 is 0. The zero-order valence-electron chi connectivity index (χ0n) is 11.8. The van der Waals surface area contributed by atoms with E-state index in [-0.39, 0.29) is 24.3 Å². The predicted octanol–water partition coefficient (Wildman–Crippen LogP) is 0.805. The van der Waals surface area contributed by atoms with E-state index in [1.807, 2.05) is 0 Å². The smallest absolute Gasteiger partial charge is 0.310 e. The van der Waals surface area contributed by atoms with Crippen molar-refractivity contribution in [2.45, 2.75) is 64.0 Å². The summed E-state index contributed by atoms with van der Waals surface area (Å²) in [4.78, 5) is 35.1. The summed E-state index contributed by atoms with van der Waals surface area (Å²) in [5.41, 5.74) is -0.934. The summed E-state index contributed by atoms with van der Waals surface area (Å²) in [5, 5.41) is 14.7. The fraction of sp³-hybridized carbons (Fsp3) is 0.786. The second-order valence-electron chi connectivity index (χ2n) is 6.04. The van der Waals surface area contributed by atoms with E-state index in [2.05, 4.69) is 10.6 Å². The van der Waals surface area contributed by atoms with Crippen molar-refractivity contribution in [3.63, 3.8) is 0 Å². The number of amides is 2. The Labute approximate surface area is 118 Å². The number of carboxylic acid groups (broad SMARTS) is 1. The number of carboxylic acids is 1. The highest BCUT2D eigenvalue weighted by Crippen LogP contribution is 2.41. The van der Waals surface area contributed by atoms with Crippen LogP contribution < -0.4 is 10.6 Å². The van der Waals surface area contributed by atoms with Crippen molar-refractivity contribution < 1.29 is 19.5 Å². The van der Waals surface area contributed by atoms with E-state index < -0.39 is 17.4 Å². The van der Waals surface area contributed by atoms with E-state index in [1.165, 1.54) is 0 Å². The molecule has 2 saturated carbocycles. The van der Waals surface area contributed by atoms with Gasteiger partial charge >= 0.3 is 5.97 Å². The lowest BCUT2D eigenvalue weighted by atomic mass is 9.82. The van der Waals surface area contributed by atoms with E-state index in [0.717, 1.165) is 25.7 Å². The van der Waals surface area contributed by atoms with Gasteiger partial charge in [-0.05, 0) is 32.6 Å². The Morgan fingerprint density at radius 3 is 2.35 bits per heavy atom. The molecule has 2 aliphatic carbocycles. The molecule has 6 heteroatoms. The molecule has 0 heterocycles. The second-order valence-corrected chi connectivity index (χ2v) is 6.04. The standard InChI is InChI=1S/C14H22N2O4/c1-9(12(18)16-10-4-5-10)15-11(17)8-14(13(19)20)6-2-3-7-14/h9-10H,2-8H2,1H3,(H,15,17)(H,16,18)(H,19,20). The largest absolute Gasteiger partial charge is 0.481 e. The third kappa shape index (κ3) is 3.49. The molecule has 6 nitrogen and oxygen atoms in total. The van der Waals surface area contributed by atoms with Crippen LogP contribution in [0.1, 0.15) is 51.9 Å². The Kier molecular flexibility index (Phi) is 4.30. The van der Waals surface area contributed by atoms with Crippen molar-refractivity contribution in [1.29, 1.82) is 0 Å². The van der Waals surface area contributed by atoms with E-state index in [1.54, 1.807) is 6.92 Å². The van der Waals surface area contributed by atoms with Crippen molar-refractivity contribution in [2.24, 2.45) is 5.41 Å². The van der Waals surface area contributed by atoms with Crippen LogP contribution in [-0.4, -0.2) is 35.0 Å². The van der Waals surface area contributed by atoms with Gasteiger partial charge in [0.2, 0.25) is 11.8 Å². The van der Waals surface area contributed by atoms with Crippen molar-refractivity contribution >= 4 is 17.8 Å². The van der Waals surface area contributed by atoms with Crippen molar-refractivity contribution in [2.75, 3.05) is 0 Å². The summed E-state index contributed by atoms with van der Waals surface area (Å²) >= 11 is 0. The molecule has 2 amide bonds. The molecular formula is C14H22N2O4. The Morgan fingerprint density at radius 1 is 1.25 bits per heavy atom. The summed E-state index contributed by atoms with van der Waals surface area (Å²) in [6.07, 6.45) is 4.72. The van der Waals surface area contributed by atoms with Gasteiger partial charge in [-0.2, -0.15) is 0 Å². The number of hydrogen-bond donors (Lipinski definition) is 3. The molecule has 0 aliphatic heterocycles. The lowest BCUT2D eigenvalue weighted by molar-refractivity contribution is -0.151. The van der Waals surface area contributed by atoms with Crippen LogP contribution in [-0.2, 0) is 14.4 Å². The van der Waals surface area contributed by atoms with E-state index in [4.69, 9.17) is 0 Å². The molecule has 112 valence electrons. The monoisotopic (exact) mass is 282 g/mol. The Morgan fingerprint density at radius 2 is 1.85 bits per heavy atom. The van der Waals surface area contributed by atoms with Gasteiger partial charge in [-0.3, -0.25) is 14.4 Å². The Balaban J connectivity index is 1.84. The van der Waals surface area contributed by atoms with Crippen LogP contribution in [0.3, 0.4) is 0 Å². The molecule has 3 N–H and O–H groups in total. The molecule has 0 saturated heterocycles. The van der Waals surface area contributed by atoms with E-state index in [0.29, 0.717) is 12.8 Å². The first-order chi connectivity index (χ1) is 9.43. The molecular weight excluding hydrogens is 260 g/mol. The molecule has 1 unspecified atom stereocenters. The first kappa shape index (κ1) is 14.8. The Bertz CT molecular complexity index is 411. The molecule has 2 aliphatic rings. The number of hydrogen-bond acceptors (Lipinski definition) is 3. The minimum absolute atomic E-state index is 0.0383. The van der Waals surface area contributed by atoms with Gasteiger partial charge in [0.1, 0.15) is 6.04 Å². The quantitative estimate of drug-likeness (QED) is 0.671. The molecule has 20 heavy (non-hydrogen) atoms. The third-order valence-electron chi connectivity index (χ3n) is 4.21. The molecule has 0 bridgehead atoms. The number of aliphatic carboxylic acids is 1. The maximum absolute atomic E-state index is 12.0. The van der Waals surface area contributed by atoms with Crippen LogP contribution in [0.25, 0.3) is 0 Å². The number of rotatable bonds is 6.